The van der Waals surface area contributed by atoms with Crippen molar-refractivity contribution in [2.45, 2.75) is 18.9 Å². The first-order valence-electron chi connectivity index (χ1n) is 6.86. The van der Waals surface area contributed by atoms with Crippen LogP contribution in [-0.2, 0) is 4.74 Å². The third-order valence-corrected chi connectivity index (χ3v) is 3.95. The molecule has 5 nitrogen and oxygen atoms in total. The highest BCUT2D eigenvalue weighted by molar-refractivity contribution is 7.10. The summed E-state index contributed by atoms with van der Waals surface area (Å²) in [6, 6.07) is 11.0. The number of carbonyl (C=O) groups excluding carboxylic acids is 2. The minimum Gasteiger partial charge on any atom is -0.485 e. The van der Waals surface area contributed by atoms with E-state index in [4.69, 9.17) is 15.2 Å². The third-order valence-electron chi connectivity index (χ3n) is 2.99. The molecule has 0 saturated heterocycles. The van der Waals surface area contributed by atoms with Crippen LogP contribution in [0.2, 0.25) is 0 Å². The van der Waals surface area contributed by atoms with Gasteiger partial charge in [-0.05, 0) is 36.4 Å². The zero-order valence-corrected chi connectivity index (χ0v) is 12.8. The van der Waals surface area contributed by atoms with Gasteiger partial charge in [0, 0.05) is 10.4 Å². The van der Waals surface area contributed by atoms with Gasteiger partial charge in [-0.1, -0.05) is 18.2 Å². The molecule has 2 aromatic rings. The first-order chi connectivity index (χ1) is 10.7. The summed E-state index contributed by atoms with van der Waals surface area (Å²) >= 11 is 1.60. The van der Waals surface area contributed by atoms with Gasteiger partial charge >= 0.3 is 6.09 Å². The van der Waals surface area contributed by atoms with Gasteiger partial charge in [-0.15, -0.1) is 11.3 Å². The first kappa shape index (κ1) is 16.0. The van der Waals surface area contributed by atoms with E-state index in [0.29, 0.717) is 24.2 Å². The molecular formula is C16H17NO4S. The van der Waals surface area contributed by atoms with Crippen LogP contribution in [0, 0.1) is 0 Å². The molecule has 0 radical (unpaired) electrons. The van der Waals surface area contributed by atoms with Crippen LogP contribution in [-0.4, -0.2) is 19.0 Å². The zero-order chi connectivity index (χ0) is 15.8. The second kappa shape index (κ2) is 8.19. The van der Waals surface area contributed by atoms with Gasteiger partial charge in [-0.2, -0.15) is 0 Å². The molecule has 0 aliphatic carbocycles. The van der Waals surface area contributed by atoms with Crippen LogP contribution in [0.15, 0.2) is 41.8 Å². The molecule has 1 atom stereocenters. The van der Waals surface area contributed by atoms with Crippen LogP contribution >= 0.6 is 11.3 Å². The number of carbonyl (C=O) groups is 2. The van der Waals surface area contributed by atoms with Crippen LogP contribution in [0.4, 0.5) is 4.79 Å². The van der Waals surface area contributed by atoms with Gasteiger partial charge in [0.2, 0.25) is 0 Å². The molecule has 0 unspecified atom stereocenters. The van der Waals surface area contributed by atoms with E-state index < -0.39 is 6.09 Å². The van der Waals surface area contributed by atoms with E-state index in [1.807, 2.05) is 23.6 Å². The predicted octanol–water partition coefficient (Wildman–Crippen LogP) is 3.56. The molecule has 1 amide bonds. The second-order valence-corrected chi connectivity index (χ2v) is 5.60. The standard InChI is InChI=1S/C16H17NO4S/c17-16(19)20-8-2-6-14(15-7-3-9-22-15)21-13-5-1-4-12(10-13)11-18/h1,3-5,7,9-11,14H,2,6,8H2,(H2,17,19)/t14-/m0/s1. The Bertz CT molecular complexity index is 612. The fraction of sp³-hybridized carbons (Fsp3) is 0.250. The first-order valence-corrected chi connectivity index (χ1v) is 7.74. The number of nitrogens with two attached hydrogens (primary N) is 1. The van der Waals surface area contributed by atoms with Gasteiger partial charge in [0.25, 0.3) is 0 Å². The quantitative estimate of drug-likeness (QED) is 0.596. The van der Waals surface area contributed by atoms with Crippen molar-refractivity contribution in [1.29, 1.82) is 0 Å². The number of aldehydes is 1. The van der Waals surface area contributed by atoms with Crippen molar-refractivity contribution in [3.8, 4) is 5.75 Å². The van der Waals surface area contributed by atoms with Crippen LogP contribution in [0.5, 0.6) is 5.75 Å². The summed E-state index contributed by atoms with van der Waals surface area (Å²) in [6.45, 7) is 0.259. The summed E-state index contributed by atoms with van der Waals surface area (Å²) in [6.07, 6.45) is 1.18. The van der Waals surface area contributed by atoms with E-state index in [9.17, 15) is 9.59 Å². The lowest BCUT2D eigenvalue weighted by molar-refractivity contribution is 0.112. The Hall–Kier alpha value is -2.34. The Morgan fingerprint density at radius 1 is 1.32 bits per heavy atom. The Morgan fingerprint density at radius 3 is 2.86 bits per heavy atom. The topological polar surface area (TPSA) is 78.6 Å². The third kappa shape index (κ3) is 4.89. The smallest absolute Gasteiger partial charge is 0.404 e. The van der Waals surface area contributed by atoms with Crippen LogP contribution < -0.4 is 10.5 Å². The van der Waals surface area contributed by atoms with Gasteiger partial charge in [0.1, 0.15) is 18.1 Å². The minimum absolute atomic E-state index is 0.154. The predicted molar refractivity (Wildman–Crippen MR) is 84.3 cm³/mol. The highest BCUT2D eigenvalue weighted by atomic mass is 32.1. The molecule has 0 fully saturated rings. The van der Waals surface area contributed by atoms with Gasteiger partial charge < -0.3 is 15.2 Å². The van der Waals surface area contributed by atoms with E-state index in [2.05, 4.69) is 0 Å². The van der Waals surface area contributed by atoms with Crippen LogP contribution in [0.25, 0.3) is 0 Å². The molecule has 6 heteroatoms. The van der Waals surface area contributed by atoms with E-state index in [-0.39, 0.29) is 12.7 Å². The number of hydrogen-bond donors (Lipinski definition) is 1. The number of rotatable bonds is 8. The maximum absolute atomic E-state index is 10.8. The Balaban J connectivity index is 2.01. The lowest BCUT2D eigenvalue weighted by atomic mass is 10.1. The molecule has 1 aromatic heterocycles. The highest BCUT2D eigenvalue weighted by Gasteiger charge is 2.15. The summed E-state index contributed by atoms with van der Waals surface area (Å²) in [5.74, 6) is 0.638. The lowest BCUT2D eigenvalue weighted by Gasteiger charge is -2.18. The molecule has 0 aliphatic rings. The number of hydrogen-bond acceptors (Lipinski definition) is 5. The van der Waals surface area contributed by atoms with E-state index in [0.717, 1.165) is 11.2 Å². The number of benzene rings is 1. The van der Waals surface area contributed by atoms with Crippen molar-refractivity contribution in [3.63, 3.8) is 0 Å². The Labute approximate surface area is 132 Å². The summed E-state index contributed by atoms with van der Waals surface area (Å²) in [5, 5.41) is 1.98. The second-order valence-electron chi connectivity index (χ2n) is 4.62. The van der Waals surface area contributed by atoms with Crippen molar-refractivity contribution < 1.29 is 19.1 Å². The maximum atomic E-state index is 10.8. The summed E-state index contributed by atoms with van der Waals surface area (Å²) in [5.41, 5.74) is 5.51. The summed E-state index contributed by atoms with van der Waals surface area (Å²) in [4.78, 5) is 22.5. The fourth-order valence-corrected chi connectivity index (χ4v) is 2.79. The van der Waals surface area contributed by atoms with Crippen LogP contribution in [0.3, 0.4) is 0 Å². The van der Waals surface area contributed by atoms with Gasteiger partial charge in [-0.25, -0.2) is 4.79 Å². The van der Waals surface area contributed by atoms with Crippen molar-refractivity contribution in [3.05, 3.63) is 52.2 Å². The molecule has 2 N–H and O–H groups in total. The number of ether oxygens (including phenoxy) is 2. The molecule has 1 aromatic carbocycles. The monoisotopic (exact) mass is 319 g/mol. The van der Waals surface area contributed by atoms with E-state index >= 15 is 0 Å². The minimum atomic E-state index is -0.771. The molecule has 0 bridgehead atoms. The molecule has 1 heterocycles. The average molecular weight is 319 g/mol. The number of thiophene rings is 1. The molecule has 0 aliphatic heterocycles. The van der Waals surface area contributed by atoms with Gasteiger partial charge in [0.05, 0.1) is 6.61 Å². The lowest BCUT2D eigenvalue weighted by Crippen LogP contribution is -2.15. The normalized spacial score (nSPS) is 11.6. The molecule has 0 saturated carbocycles. The molecule has 22 heavy (non-hydrogen) atoms. The average Bonchev–Trinajstić information content (AvgIpc) is 3.04. The molecular weight excluding hydrogens is 302 g/mol. The van der Waals surface area contributed by atoms with Crippen molar-refractivity contribution in [1.82, 2.24) is 0 Å². The van der Waals surface area contributed by atoms with E-state index in [1.54, 1.807) is 29.5 Å². The van der Waals surface area contributed by atoms with Crippen molar-refractivity contribution in [2.75, 3.05) is 6.61 Å². The fourth-order valence-electron chi connectivity index (χ4n) is 2.00. The Kier molecular flexibility index (Phi) is 5.97. The SMILES string of the molecule is NC(=O)OCCC[C@H](Oc1cccc(C=O)c1)c1cccs1. The van der Waals surface area contributed by atoms with Crippen LogP contribution in [0.1, 0.15) is 34.2 Å². The summed E-state index contributed by atoms with van der Waals surface area (Å²) in [7, 11) is 0. The highest BCUT2D eigenvalue weighted by Crippen LogP contribution is 2.29. The van der Waals surface area contributed by atoms with Gasteiger partial charge in [-0.3, -0.25) is 4.79 Å². The number of primary amides is 1. The Morgan fingerprint density at radius 2 is 2.18 bits per heavy atom. The molecule has 116 valence electrons. The molecule has 2 rings (SSSR count). The molecule has 0 spiro atoms. The van der Waals surface area contributed by atoms with E-state index in [1.165, 1.54) is 0 Å². The summed E-state index contributed by atoms with van der Waals surface area (Å²) < 4.78 is 10.7. The van der Waals surface area contributed by atoms with Gasteiger partial charge in [0.15, 0.2) is 0 Å². The maximum Gasteiger partial charge on any atom is 0.404 e. The van der Waals surface area contributed by atoms with Crippen molar-refractivity contribution >= 4 is 23.7 Å². The van der Waals surface area contributed by atoms with Crippen molar-refractivity contribution in [2.24, 2.45) is 5.73 Å². The largest absolute Gasteiger partial charge is 0.485 e. The zero-order valence-electron chi connectivity index (χ0n) is 11.9. The number of amides is 1.